The number of aliphatic carboxylic acids is 1. The maximum absolute atomic E-state index is 13.7. The molecule has 6 rings (SSSR count). The van der Waals surface area contributed by atoms with Gasteiger partial charge in [-0.3, -0.25) is 14.4 Å². The van der Waals surface area contributed by atoms with Crippen molar-refractivity contribution in [1.29, 1.82) is 0 Å². The molecule has 10 atom stereocenters. The number of hydrogen-bond acceptors (Lipinski definition) is 4. The predicted octanol–water partition coefficient (Wildman–Crippen LogP) is 10.8. The lowest BCUT2D eigenvalue weighted by Gasteiger charge is -2.73. The third kappa shape index (κ3) is 6.63. The minimum Gasteiger partial charge on any atom is -0.481 e. The number of nitrogens with one attached hydrogen (secondary N) is 1. The molecule has 0 spiro atoms. The monoisotopic (exact) mass is 755 g/mol. The van der Waals surface area contributed by atoms with E-state index in [2.05, 4.69) is 53.4 Å². The third-order valence-electron chi connectivity index (χ3n) is 16.9. The molecule has 0 heterocycles. The van der Waals surface area contributed by atoms with Crippen molar-refractivity contribution in [2.24, 2.45) is 62.1 Å². The van der Waals surface area contributed by atoms with Crippen molar-refractivity contribution in [3.8, 4) is 0 Å². The summed E-state index contributed by atoms with van der Waals surface area (Å²) >= 11 is 0. The molecule has 0 bridgehead atoms. The van der Waals surface area contributed by atoms with Gasteiger partial charge in [0.05, 0.1) is 17.4 Å². The normalized spacial score (nSPS) is 38.6. The largest absolute Gasteiger partial charge is 0.481 e. The molecule has 2 N–H and O–H groups in total. The van der Waals surface area contributed by atoms with E-state index in [9.17, 15) is 32.7 Å². The Morgan fingerprint density at radius 3 is 2.15 bits per heavy atom. The summed E-state index contributed by atoms with van der Waals surface area (Å²) in [5.41, 5.74) is -0.116. The van der Waals surface area contributed by atoms with E-state index in [4.69, 9.17) is 4.74 Å². The molecule has 300 valence electrons. The van der Waals surface area contributed by atoms with Gasteiger partial charge in [0.25, 0.3) is 0 Å². The average Bonchev–Trinajstić information content (AvgIpc) is 3.44. The molecule has 5 fully saturated rings. The number of alkyl halides is 3. The van der Waals surface area contributed by atoms with Crippen LogP contribution in [0.4, 0.5) is 13.2 Å². The quantitative estimate of drug-likeness (QED) is 0.193. The lowest BCUT2D eigenvalue weighted by atomic mass is 9.32. The van der Waals surface area contributed by atoms with Gasteiger partial charge in [-0.15, -0.1) is 0 Å². The highest BCUT2D eigenvalue weighted by molar-refractivity contribution is 5.81. The molecule has 5 aliphatic rings. The van der Waals surface area contributed by atoms with Crippen molar-refractivity contribution in [1.82, 2.24) is 5.32 Å². The Morgan fingerprint density at radius 1 is 0.870 bits per heavy atom. The number of amides is 1. The van der Waals surface area contributed by atoms with E-state index in [1.807, 2.05) is 0 Å². The number of allylic oxidation sites excluding steroid dienone is 1. The number of ether oxygens (including phenoxy) is 1. The van der Waals surface area contributed by atoms with Crippen LogP contribution in [0.3, 0.4) is 0 Å². The van der Waals surface area contributed by atoms with Gasteiger partial charge in [0.15, 0.2) is 0 Å². The highest BCUT2D eigenvalue weighted by Gasteiger charge is 2.71. The third-order valence-corrected chi connectivity index (χ3v) is 16.9. The standard InChI is InChI=1S/C45H64F3NO5/c1-27(2)30-16-21-44(24-35(50)49-26-28-10-12-29(13-11-28)45(46,47)48)23-22-42(8)31(37(30)44)14-15-33-41(7)19-18-34(54-36(51)25-39(3,4)38(52)53)40(5,6)32(41)17-20-43(33,42)9/h10-13,30-34,37H,1,14-26H2,2-9H3,(H,49,50)(H,52,53)/t30-,31+,32-,33+,34-,37+,41-,42+,43+,44+/m0/s1. The number of hydrogen-bond donors (Lipinski definition) is 2. The van der Waals surface area contributed by atoms with Gasteiger partial charge >= 0.3 is 18.1 Å². The maximum atomic E-state index is 13.7. The van der Waals surface area contributed by atoms with Crippen molar-refractivity contribution in [2.75, 3.05) is 0 Å². The van der Waals surface area contributed by atoms with Crippen LogP contribution in [0, 0.1) is 62.1 Å². The van der Waals surface area contributed by atoms with Crippen LogP contribution in [0.15, 0.2) is 36.4 Å². The fourth-order valence-electron chi connectivity index (χ4n) is 13.8. The van der Waals surface area contributed by atoms with Crippen LogP contribution in [0.1, 0.15) is 144 Å². The van der Waals surface area contributed by atoms with Gasteiger partial charge in [-0.05, 0) is 154 Å². The van der Waals surface area contributed by atoms with Gasteiger partial charge in [-0.25, -0.2) is 0 Å². The molecule has 54 heavy (non-hydrogen) atoms. The van der Waals surface area contributed by atoms with Crippen molar-refractivity contribution in [3.63, 3.8) is 0 Å². The molecule has 0 aliphatic heterocycles. The topological polar surface area (TPSA) is 92.7 Å². The second-order valence-electron chi connectivity index (χ2n) is 20.4. The Morgan fingerprint density at radius 2 is 1.54 bits per heavy atom. The lowest BCUT2D eigenvalue weighted by Crippen LogP contribution is -2.67. The zero-order chi connectivity index (χ0) is 39.9. The van der Waals surface area contributed by atoms with E-state index >= 15 is 0 Å². The Kier molecular flexibility index (Phi) is 10.3. The minimum atomic E-state index is -4.39. The lowest BCUT2D eigenvalue weighted by molar-refractivity contribution is -0.250. The fourth-order valence-corrected chi connectivity index (χ4v) is 13.8. The summed E-state index contributed by atoms with van der Waals surface area (Å²) < 4.78 is 45.4. The first-order valence-corrected chi connectivity index (χ1v) is 20.4. The van der Waals surface area contributed by atoms with E-state index in [0.717, 1.165) is 76.3 Å². The van der Waals surface area contributed by atoms with Crippen molar-refractivity contribution >= 4 is 17.8 Å². The highest BCUT2D eigenvalue weighted by atomic mass is 19.4. The molecule has 1 aromatic rings. The van der Waals surface area contributed by atoms with Crippen LogP contribution in [0.5, 0.6) is 0 Å². The van der Waals surface area contributed by atoms with Gasteiger partial charge in [0, 0.05) is 18.4 Å². The van der Waals surface area contributed by atoms with Gasteiger partial charge in [-0.2, -0.15) is 13.2 Å². The summed E-state index contributed by atoms with van der Waals surface area (Å²) in [5, 5.41) is 12.7. The zero-order valence-electron chi connectivity index (χ0n) is 33.9. The SMILES string of the molecule is C=C(C)[C@@H]1CC[C@]2(CC(=O)NCc3ccc(C(F)(F)F)cc3)CC[C@]3(C)[C@H](CC[C@@H]4[C@@]5(C)CC[C@H](OC(=O)CC(C)(C)C(=O)O)C(C)(C)[C@@H]5CC[C@]43C)[C@@H]12. The molecule has 1 amide bonds. The number of carboxylic acid groups (broad SMARTS) is 1. The van der Waals surface area contributed by atoms with Crippen molar-refractivity contribution < 1.29 is 37.4 Å². The van der Waals surface area contributed by atoms with Gasteiger partial charge in [-0.1, -0.05) is 58.9 Å². The summed E-state index contributed by atoms with van der Waals surface area (Å²) in [5.74, 6) is 0.601. The molecule has 9 heteroatoms. The Balaban J connectivity index is 1.20. The first kappa shape index (κ1) is 40.8. The number of fused-ring (bicyclic) bond motifs is 7. The summed E-state index contributed by atoms with van der Waals surface area (Å²) in [6, 6.07) is 5.04. The highest BCUT2D eigenvalue weighted by Crippen LogP contribution is 2.78. The molecule has 0 aromatic heterocycles. The number of esters is 1. The molecule has 0 unspecified atom stereocenters. The van der Waals surface area contributed by atoms with Gasteiger partial charge < -0.3 is 15.2 Å². The van der Waals surface area contributed by atoms with Crippen LogP contribution >= 0.6 is 0 Å². The van der Waals surface area contributed by atoms with Crippen molar-refractivity contribution in [2.45, 2.75) is 151 Å². The van der Waals surface area contributed by atoms with E-state index in [0.29, 0.717) is 41.6 Å². The molecular formula is C45H64F3NO5. The zero-order valence-corrected chi connectivity index (χ0v) is 33.9. The number of carbonyl (C=O) groups excluding carboxylic acids is 2. The first-order chi connectivity index (χ1) is 24.9. The van der Waals surface area contributed by atoms with E-state index in [1.165, 1.54) is 17.7 Å². The van der Waals surface area contributed by atoms with E-state index < -0.39 is 29.1 Å². The molecule has 5 aliphatic carbocycles. The Labute approximate surface area is 320 Å². The first-order valence-electron chi connectivity index (χ1n) is 20.4. The van der Waals surface area contributed by atoms with Gasteiger partial charge in [0.1, 0.15) is 6.10 Å². The Hall–Kier alpha value is -2.84. The van der Waals surface area contributed by atoms with Crippen LogP contribution in [-0.4, -0.2) is 29.1 Å². The molecule has 1 aromatic carbocycles. The second-order valence-corrected chi connectivity index (χ2v) is 20.4. The number of carboxylic acids is 1. The number of halogens is 3. The van der Waals surface area contributed by atoms with Gasteiger partial charge in [0.2, 0.25) is 5.91 Å². The maximum Gasteiger partial charge on any atom is 0.416 e. The molecule has 0 saturated heterocycles. The fraction of sp³-hybridized carbons (Fsp3) is 0.756. The molecule has 0 radical (unpaired) electrons. The molecule has 5 saturated carbocycles. The summed E-state index contributed by atoms with van der Waals surface area (Å²) in [7, 11) is 0. The minimum absolute atomic E-state index is 0.0231. The number of rotatable bonds is 9. The van der Waals surface area contributed by atoms with E-state index in [-0.39, 0.29) is 52.1 Å². The Bertz CT molecular complexity index is 1650. The second kappa shape index (κ2) is 13.7. The van der Waals surface area contributed by atoms with Crippen LogP contribution in [0.2, 0.25) is 0 Å². The number of benzene rings is 1. The van der Waals surface area contributed by atoms with Crippen molar-refractivity contribution in [3.05, 3.63) is 47.5 Å². The summed E-state index contributed by atoms with van der Waals surface area (Å²) in [6.07, 6.45) is 5.89. The molecular weight excluding hydrogens is 691 g/mol. The van der Waals surface area contributed by atoms with Crippen LogP contribution in [-0.2, 0) is 31.8 Å². The summed E-state index contributed by atoms with van der Waals surface area (Å²) in [4.78, 5) is 38.5. The van der Waals surface area contributed by atoms with Crippen LogP contribution < -0.4 is 5.32 Å². The van der Waals surface area contributed by atoms with Crippen LogP contribution in [0.25, 0.3) is 0 Å². The average molecular weight is 756 g/mol. The van der Waals surface area contributed by atoms with E-state index in [1.54, 1.807) is 13.8 Å². The predicted molar refractivity (Wildman–Crippen MR) is 203 cm³/mol. The molecule has 6 nitrogen and oxygen atoms in total. The summed E-state index contributed by atoms with van der Waals surface area (Å²) in [6.45, 7) is 22.2. The number of carbonyl (C=O) groups is 3. The smallest absolute Gasteiger partial charge is 0.416 e.